The second kappa shape index (κ2) is 12.9. The van der Waals surface area contributed by atoms with Crippen LogP contribution in [0.3, 0.4) is 0 Å². The van der Waals surface area contributed by atoms with Gasteiger partial charge in [-0.2, -0.15) is 0 Å². The Morgan fingerprint density at radius 1 is 1.16 bits per heavy atom. The monoisotopic (exact) mass is 533 g/mol. The smallest absolute Gasteiger partial charge is 0.222 e. The number of nitrogens with two attached hydrogens (primary N) is 4. The maximum absolute atomic E-state index is 11.2. The number of nitrogens with zero attached hydrogens (tertiary/aromatic N) is 1. The van der Waals surface area contributed by atoms with Gasteiger partial charge < -0.3 is 72.9 Å². The zero-order valence-corrected chi connectivity index (χ0v) is 21.3. The maximum Gasteiger partial charge on any atom is 0.222 e. The van der Waals surface area contributed by atoms with Crippen LogP contribution in [0.5, 0.6) is 0 Å². The van der Waals surface area contributed by atoms with Gasteiger partial charge in [-0.3, -0.25) is 0 Å². The van der Waals surface area contributed by atoms with Gasteiger partial charge in [0, 0.05) is 18.6 Å². The van der Waals surface area contributed by atoms with E-state index in [1.165, 1.54) is 6.92 Å². The lowest BCUT2D eigenvalue weighted by Crippen LogP contribution is -2.68. The lowest BCUT2D eigenvalue weighted by atomic mass is 9.84. The van der Waals surface area contributed by atoms with Crippen LogP contribution >= 0.6 is 0 Å². The molecule has 3 aliphatic rings. The minimum atomic E-state index is -1.33. The Labute approximate surface area is 216 Å². The Bertz CT molecular complexity index is 799. The van der Waals surface area contributed by atoms with E-state index in [1.54, 1.807) is 7.05 Å². The first-order chi connectivity index (χ1) is 17.5. The predicted molar refractivity (Wildman–Crippen MR) is 133 cm³/mol. The van der Waals surface area contributed by atoms with Crippen LogP contribution in [0.2, 0.25) is 0 Å². The van der Waals surface area contributed by atoms with Crippen LogP contribution in [-0.2, 0) is 18.9 Å². The van der Waals surface area contributed by atoms with Gasteiger partial charge in [-0.15, -0.1) is 0 Å². The molecule has 2 heterocycles. The van der Waals surface area contributed by atoms with E-state index in [1.807, 2.05) is 6.08 Å². The molecule has 0 unspecified atom stereocenters. The summed E-state index contributed by atoms with van der Waals surface area (Å²) < 4.78 is 23.6. The molecule has 0 amide bonds. The summed E-state index contributed by atoms with van der Waals surface area (Å²) in [5.41, 5.74) is 22.4. The Kier molecular flexibility index (Phi) is 10.5. The summed E-state index contributed by atoms with van der Waals surface area (Å²) in [4.78, 5) is 4.19. The molecular formula is C22H43N7O8. The molecule has 0 spiro atoms. The highest BCUT2D eigenvalue weighted by Crippen LogP contribution is 2.32. The van der Waals surface area contributed by atoms with Gasteiger partial charge >= 0.3 is 0 Å². The second-order valence-corrected chi connectivity index (χ2v) is 9.96. The zero-order chi connectivity index (χ0) is 27.3. The number of aliphatic hydroxyl groups excluding tert-OH is 3. The van der Waals surface area contributed by atoms with Crippen LogP contribution in [-0.4, -0.2) is 127 Å². The second-order valence-electron chi connectivity index (χ2n) is 9.96. The van der Waals surface area contributed by atoms with Gasteiger partial charge in [0.25, 0.3) is 0 Å². The fourth-order valence-corrected chi connectivity index (χ4v) is 4.98. The number of likely N-dealkylation sites (N-methyl/N-ethyl adjacent to an activating group) is 1. The Morgan fingerprint density at radius 3 is 2.41 bits per heavy atom. The van der Waals surface area contributed by atoms with Crippen molar-refractivity contribution in [2.45, 2.75) is 86.5 Å². The van der Waals surface area contributed by atoms with E-state index >= 15 is 0 Å². The summed E-state index contributed by atoms with van der Waals surface area (Å²) in [6.45, 7) is 2.13. The fraction of sp³-hybridized carbons (Fsp3) is 0.864. The summed E-state index contributed by atoms with van der Waals surface area (Å²) in [6, 6.07) is -2.69. The van der Waals surface area contributed by atoms with Crippen molar-refractivity contribution >= 4 is 5.96 Å². The van der Waals surface area contributed by atoms with Gasteiger partial charge in [-0.05, 0) is 32.9 Å². The molecule has 1 saturated heterocycles. The van der Waals surface area contributed by atoms with Gasteiger partial charge in [0.15, 0.2) is 12.2 Å². The first-order valence-electron chi connectivity index (χ1n) is 12.4. The third-order valence-electron chi connectivity index (χ3n) is 6.86. The highest BCUT2D eigenvalue weighted by Gasteiger charge is 2.50. The fourth-order valence-electron chi connectivity index (χ4n) is 4.98. The molecule has 0 aromatic heterocycles. The summed E-state index contributed by atoms with van der Waals surface area (Å²) in [6.07, 6.45) is -4.20. The van der Waals surface area contributed by atoms with Crippen LogP contribution < -0.4 is 33.6 Å². The van der Waals surface area contributed by atoms with Crippen molar-refractivity contribution in [3.8, 4) is 0 Å². The molecule has 15 nitrogen and oxygen atoms in total. The van der Waals surface area contributed by atoms with Crippen molar-refractivity contribution in [1.29, 1.82) is 0 Å². The topological polar surface area (TPSA) is 258 Å². The Morgan fingerprint density at radius 2 is 1.81 bits per heavy atom. The summed E-state index contributed by atoms with van der Waals surface area (Å²) >= 11 is 0. The zero-order valence-electron chi connectivity index (χ0n) is 21.3. The van der Waals surface area contributed by atoms with Crippen molar-refractivity contribution in [1.82, 2.24) is 10.6 Å². The predicted octanol–water partition coefficient (Wildman–Crippen LogP) is -4.91. The molecular weight excluding hydrogens is 490 g/mol. The van der Waals surface area contributed by atoms with Crippen LogP contribution in [0.25, 0.3) is 0 Å². The number of hydrogen-bond acceptors (Lipinski definition) is 13. The first-order valence-corrected chi connectivity index (χ1v) is 12.4. The summed E-state index contributed by atoms with van der Waals surface area (Å²) in [7, 11) is 1.61. The van der Waals surface area contributed by atoms with E-state index in [0.29, 0.717) is 25.3 Å². The quantitative estimate of drug-likeness (QED) is 0.0717. The van der Waals surface area contributed by atoms with Crippen LogP contribution in [0.4, 0.5) is 0 Å². The molecule has 0 radical (unpaired) electrons. The number of guanidine groups is 1. The minimum absolute atomic E-state index is 0.0272. The van der Waals surface area contributed by atoms with Crippen LogP contribution in [0, 0.1) is 0 Å². The number of nitrogens with one attached hydrogen (secondary N) is 2. The minimum Gasteiger partial charge on any atom is -0.466 e. The van der Waals surface area contributed by atoms with Crippen molar-refractivity contribution in [3.63, 3.8) is 0 Å². The molecule has 0 aromatic carbocycles. The number of aliphatic imine (C=N–C) groups is 1. The van der Waals surface area contributed by atoms with E-state index < -0.39 is 66.8 Å². The third kappa shape index (κ3) is 7.27. The number of hydrogen-bond donors (Lipinski definition) is 10. The van der Waals surface area contributed by atoms with Gasteiger partial charge in [0.2, 0.25) is 6.29 Å². The molecule has 37 heavy (non-hydrogen) atoms. The largest absolute Gasteiger partial charge is 0.466 e. The highest BCUT2D eigenvalue weighted by molar-refractivity contribution is 5.75. The van der Waals surface area contributed by atoms with E-state index in [9.17, 15) is 15.3 Å². The Hall–Kier alpha value is -1.63. The van der Waals surface area contributed by atoms with E-state index in [-0.39, 0.29) is 25.6 Å². The first kappa shape index (κ1) is 29.9. The van der Waals surface area contributed by atoms with Gasteiger partial charge in [0.05, 0.1) is 25.8 Å². The molecule has 2 fully saturated rings. The van der Waals surface area contributed by atoms with E-state index in [0.717, 1.165) is 0 Å². The Balaban J connectivity index is 1.73. The molecule has 0 aromatic rings. The molecule has 11 atom stereocenters. The average molecular weight is 534 g/mol. The molecule has 0 bridgehead atoms. The summed E-state index contributed by atoms with van der Waals surface area (Å²) in [5, 5.41) is 47.4. The van der Waals surface area contributed by atoms with Gasteiger partial charge in [-0.1, -0.05) is 0 Å². The van der Waals surface area contributed by atoms with Gasteiger partial charge in [0.1, 0.15) is 41.8 Å². The van der Waals surface area contributed by atoms with Crippen molar-refractivity contribution < 1.29 is 39.4 Å². The summed E-state index contributed by atoms with van der Waals surface area (Å²) in [5.74, 6) is 0.417. The molecule has 2 aliphatic heterocycles. The highest BCUT2D eigenvalue weighted by atomic mass is 16.7. The molecule has 3 rings (SSSR count). The van der Waals surface area contributed by atoms with Crippen molar-refractivity contribution in [2.24, 2.45) is 27.9 Å². The van der Waals surface area contributed by atoms with Crippen LogP contribution in [0.15, 0.2) is 16.8 Å². The molecule has 14 N–H and O–H groups in total. The molecule has 15 heteroatoms. The number of ether oxygens (including phenoxy) is 4. The maximum atomic E-state index is 11.2. The standard InChI is InChI=1S/C22H43N7O8/c1-22(33)9-34-20(15(32)18(22)27-2)37-17-12(24)7-11(23)16(14(17)31)36-19-13(29-21(25)26)4-3-10(35-19)8-28-5-6-30/h3,11-20,27-28,30-33H,4-9,23-24H2,1-2H3,(H4,25,26,29)/t11-,12+,13+,14-,15+,16+,17-,18+,19+,20+,22-/m0/s1. The average Bonchev–Trinajstić information content (AvgIpc) is 2.82. The number of aliphatic hydroxyl groups is 4. The molecule has 1 aliphatic carbocycles. The van der Waals surface area contributed by atoms with Crippen LogP contribution in [0.1, 0.15) is 19.8 Å². The van der Waals surface area contributed by atoms with Gasteiger partial charge in [-0.25, -0.2) is 4.99 Å². The molecule has 1 saturated carbocycles. The molecule has 214 valence electrons. The lowest BCUT2D eigenvalue weighted by molar-refractivity contribution is -0.303. The SMILES string of the molecule is CN[C@@H]1[C@@H](O)[C@@H](O[C@@H]2[C@@H](O)[C@H](O[C@H]3OC(CNCCO)=CC[C@H]3N=C(N)N)[C@@H](N)C[C@H]2N)OC[C@]1(C)O. The number of rotatable bonds is 10. The third-order valence-corrected chi connectivity index (χ3v) is 6.86. The van der Waals surface area contributed by atoms with E-state index in [4.69, 9.17) is 47.0 Å². The van der Waals surface area contributed by atoms with E-state index in [2.05, 4.69) is 15.6 Å². The van der Waals surface area contributed by atoms with Crippen molar-refractivity contribution in [2.75, 3.05) is 33.4 Å². The van der Waals surface area contributed by atoms with Crippen molar-refractivity contribution in [3.05, 3.63) is 11.8 Å². The lowest BCUT2D eigenvalue weighted by Gasteiger charge is -2.48. The normalized spacial score (nSPS) is 42.5.